The van der Waals surface area contributed by atoms with E-state index in [9.17, 15) is 4.79 Å². The monoisotopic (exact) mass is 304 g/mol. The summed E-state index contributed by atoms with van der Waals surface area (Å²) in [4.78, 5) is 14.5. The first-order valence-corrected chi connectivity index (χ1v) is 8.36. The zero-order chi connectivity index (χ0) is 15.8. The van der Waals surface area contributed by atoms with Crippen LogP contribution in [0.1, 0.15) is 38.2 Å². The summed E-state index contributed by atoms with van der Waals surface area (Å²) >= 11 is 0. The number of amides is 1. The van der Waals surface area contributed by atoms with Gasteiger partial charge in [-0.1, -0.05) is 25.5 Å². The lowest BCUT2D eigenvalue weighted by Gasteiger charge is -2.31. The third-order valence-electron chi connectivity index (χ3n) is 4.35. The Hall–Kier alpha value is -1.55. The van der Waals surface area contributed by atoms with Gasteiger partial charge in [0.25, 0.3) is 0 Å². The SMILES string of the molecule is CCCCNC(=O)C1CCN(Cc2ccc(OC)cc2)CC1. The Morgan fingerprint density at radius 3 is 2.55 bits per heavy atom. The standard InChI is InChI=1S/C18H28N2O2/c1-3-4-11-19-18(21)16-9-12-20(13-10-16)14-15-5-7-17(22-2)8-6-15/h5-8,16H,3-4,9-14H2,1-2H3,(H,19,21). The molecule has 2 rings (SSSR count). The van der Waals surface area contributed by atoms with Crippen LogP contribution in [0.2, 0.25) is 0 Å². The number of carbonyl (C=O) groups excluding carboxylic acids is 1. The summed E-state index contributed by atoms with van der Waals surface area (Å²) in [5.74, 6) is 1.34. The van der Waals surface area contributed by atoms with Gasteiger partial charge in [-0.3, -0.25) is 9.69 Å². The van der Waals surface area contributed by atoms with Crippen LogP contribution >= 0.6 is 0 Å². The molecule has 22 heavy (non-hydrogen) atoms. The highest BCUT2D eigenvalue weighted by Crippen LogP contribution is 2.20. The molecule has 1 aliphatic rings. The molecule has 0 atom stereocenters. The smallest absolute Gasteiger partial charge is 0.223 e. The lowest BCUT2D eigenvalue weighted by molar-refractivity contribution is -0.126. The molecule has 1 amide bonds. The second-order valence-electron chi connectivity index (χ2n) is 6.04. The molecule has 0 spiro atoms. The van der Waals surface area contributed by atoms with E-state index in [0.29, 0.717) is 0 Å². The minimum Gasteiger partial charge on any atom is -0.497 e. The molecule has 4 heteroatoms. The third-order valence-corrected chi connectivity index (χ3v) is 4.35. The van der Waals surface area contributed by atoms with Gasteiger partial charge in [0, 0.05) is 19.0 Å². The minimum absolute atomic E-state index is 0.198. The van der Waals surface area contributed by atoms with Gasteiger partial charge < -0.3 is 10.1 Å². The predicted molar refractivity (Wildman–Crippen MR) is 88.9 cm³/mol. The first-order chi connectivity index (χ1) is 10.7. The summed E-state index contributed by atoms with van der Waals surface area (Å²) < 4.78 is 5.18. The maximum absolute atomic E-state index is 12.1. The van der Waals surface area contributed by atoms with Gasteiger partial charge in [0.15, 0.2) is 0 Å². The topological polar surface area (TPSA) is 41.6 Å². The highest BCUT2D eigenvalue weighted by Gasteiger charge is 2.24. The Kier molecular flexibility index (Phi) is 6.72. The summed E-state index contributed by atoms with van der Waals surface area (Å²) in [6, 6.07) is 8.23. The molecule has 1 heterocycles. The van der Waals surface area contributed by atoms with Gasteiger partial charge >= 0.3 is 0 Å². The maximum atomic E-state index is 12.1. The lowest BCUT2D eigenvalue weighted by Crippen LogP contribution is -2.40. The molecule has 0 aromatic heterocycles. The van der Waals surface area contributed by atoms with Crippen molar-refractivity contribution < 1.29 is 9.53 Å². The highest BCUT2D eigenvalue weighted by atomic mass is 16.5. The fourth-order valence-electron chi connectivity index (χ4n) is 2.88. The first kappa shape index (κ1) is 16.8. The number of ether oxygens (including phenoxy) is 1. The van der Waals surface area contributed by atoms with Gasteiger partial charge in [-0.25, -0.2) is 0 Å². The van der Waals surface area contributed by atoms with E-state index in [-0.39, 0.29) is 11.8 Å². The molecule has 1 fully saturated rings. The average molecular weight is 304 g/mol. The van der Waals surface area contributed by atoms with Crippen LogP contribution in [0, 0.1) is 5.92 Å². The molecule has 1 aliphatic heterocycles. The fourth-order valence-corrected chi connectivity index (χ4v) is 2.88. The Balaban J connectivity index is 1.73. The van der Waals surface area contributed by atoms with Gasteiger partial charge in [0.2, 0.25) is 5.91 Å². The molecule has 1 N–H and O–H groups in total. The van der Waals surface area contributed by atoms with Crippen LogP contribution in [0.25, 0.3) is 0 Å². The van der Waals surface area contributed by atoms with E-state index in [2.05, 4.69) is 29.3 Å². The first-order valence-electron chi connectivity index (χ1n) is 8.36. The molecule has 1 aromatic rings. The Morgan fingerprint density at radius 2 is 1.95 bits per heavy atom. The second kappa shape index (κ2) is 8.79. The van der Waals surface area contributed by atoms with Crippen LogP contribution < -0.4 is 10.1 Å². The number of benzene rings is 1. The molecule has 0 aliphatic carbocycles. The van der Waals surface area contributed by atoms with Crippen LogP contribution in [0.4, 0.5) is 0 Å². The fraction of sp³-hybridized carbons (Fsp3) is 0.611. The van der Waals surface area contributed by atoms with Gasteiger partial charge in [0.05, 0.1) is 7.11 Å². The van der Waals surface area contributed by atoms with Crippen molar-refractivity contribution in [2.45, 2.75) is 39.2 Å². The van der Waals surface area contributed by atoms with Crippen LogP contribution in [0.5, 0.6) is 5.75 Å². The number of likely N-dealkylation sites (tertiary alicyclic amines) is 1. The minimum atomic E-state index is 0.198. The van der Waals surface area contributed by atoms with Crippen molar-refractivity contribution in [3.63, 3.8) is 0 Å². The molecule has 122 valence electrons. The largest absolute Gasteiger partial charge is 0.497 e. The summed E-state index contributed by atoms with van der Waals surface area (Å²) in [6.07, 6.45) is 4.13. The van der Waals surface area contributed by atoms with Crippen molar-refractivity contribution in [2.24, 2.45) is 5.92 Å². The van der Waals surface area contributed by atoms with Crippen LogP contribution in [-0.4, -0.2) is 37.6 Å². The van der Waals surface area contributed by atoms with Gasteiger partial charge in [-0.2, -0.15) is 0 Å². The van der Waals surface area contributed by atoms with Crippen molar-refractivity contribution >= 4 is 5.91 Å². The van der Waals surface area contributed by atoms with Crippen molar-refractivity contribution in [1.82, 2.24) is 10.2 Å². The van der Waals surface area contributed by atoms with Crippen molar-refractivity contribution in [3.8, 4) is 5.75 Å². The number of unbranched alkanes of at least 4 members (excludes halogenated alkanes) is 1. The number of hydrogen-bond acceptors (Lipinski definition) is 3. The molecule has 4 nitrogen and oxygen atoms in total. The van der Waals surface area contributed by atoms with E-state index in [0.717, 1.165) is 57.6 Å². The number of rotatable bonds is 7. The maximum Gasteiger partial charge on any atom is 0.223 e. The van der Waals surface area contributed by atoms with Gasteiger partial charge in [-0.15, -0.1) is 0 Å². The zero-order valence-corrected chi connectivity index (χ0v) is 13.8. The second-order valence-corrected chi connectivity index (χ2v) is 6.04. The molecule has 0 radical (unpaired) electrons. The molecule has 0 saturated carbocycles. The van der Waals surface area contributed by atoms with E-state index in [1.807, 2.05) is 12.1 Å². The number of piperidine rings is 1. The molecule has 0 unspecified atom stereocenters. The van der Waals surface area contributed by atoms with Crippen molar-refractivity contribution in [1.29, 1.82) is 0 Å². The van der Waals surface area contributed by atoms with Gasteiger partial charge in [-0.05, 0) is 50.0 Å². The van der Waals surface area contributed by atoms with Gasteiger partial charge in [0.1, 0.15) is 5.75 Å². The van der Waals surface area contributed by atoms with E-state index in [4.69, 9.17) is 4.74 Å². The van der Waals surface area contributed by atoms with Crippen LogP contribution in [0.3, 0.4) is 0 Å². The number of carbonyl (C=O) groups is 1. The normalized spacial score (nSPS) is 16.5. The van der Waals surface area contributed by atoms with E-state index < -0.39 is 0 Å². The molecular weight excluding hydrogens is 276 g/mol. The summed E-state index contributed by atoms with van der Waals surface area (Å²) in [6.45, 7) is 5.91. The molecular formula is C18H28N2O2. The molecule has 0 bridgehead atoms. The number of hydrogen-bond donors (Lipinski definition) is 1. The number of nitrogens with one attached hydrogen (secondary N) is 1. The summed E-state index contributed by atoms with van der Waals surface area (Å²) in [5, 5.41) is 3.06. The third kappa shape index (κ3) is 5.02. The number of methoxy groups -OCH3 is 1. The summed E-state index contributed by atoms with van der Waals surface area (Å²) in [5.41, 5.74) is 1.30. The lowest BCUT2D eigenvalue weighted by atomic mass is 9.95. The number of nitrogens with zero attached hydrogens (tertiary/aromatic N) is 1. The molecule has 1 aromatic carbocycles. The van der Waals surface area contributed by atoms with E-state index in [1.54, 1.807) is 7.11 Å². The zero-order valence-electron chi connectivity index (χ0n) is 13.8. The van der Waals surface area contributed by atoms with E-state index in [1.165, 1.54) is 5.56 Å². The predicted octanol–water partition coefficient (Wildman–Crippen LogP) is 2.82. The highest BCUT2D eigenvalue weighted by molar-refractivity contribution is 5.78. The Labute approximate surface area is 133 Å². The molecule has 1 saturated heterocycles. The average Bonchev–Trinajstić information content (AvgIpc) is 2.56. The quantitative estimate of drug-likeness (QED) is 0.788. The summed E-state index contributed by atoms with van der Waals surface area (Å²) in [7, 11) is 1.69. The van der Waals surface area contributed by atoms with E-state index >= 15 is 0 Å². The van der Waals surface area contributed by atoms with Crippen molar-refractivity contribution in [2.75, 3.05) is 26.7 Å². The Morgan fingerprint density at radius 1 is 1.27 bits per heavy atom. The van der Waals surface area contributed by atoms with Crippen LogP contribution in [-0.2, 0) is 11.3 Å². The van der Waals surface area contributed by atoms with Crippen molar-refractivity contribution in [3.05, 3.63) is 29.8 Å². The Bertz CT molecular complexity index is 451. The van der Waals surface area contributed by atoms with Crippen LogP contribution in [0.15, 0.2) is 24.3 Å².